The number of hydrogen-bond acceptors (Lipinski definition) is 1. The molecule has 1 atom stereocenters. The van der Waals surface area contributed by atoms with Gasteiger partial charge in [-0.2, -0.15) is 0 Å². The summed E-state index contributed by atoms with van der Waals surface area (Å²) in [6, 6.07) is 10.5. The fraction of sp³-hybridized carbons (Fsp3) is 0.538. The van der Waals surface area contributed by atoms with Gasteiger partial charge in [-0.05, 0) is 23.3 Å². The number of benzene rings is 1. The molecule has 0 heterocycles. The Balaban J connectivity index is 2.75. The molecule has 0 fully saturated rings. The minimum absolute atomic E-state index is 0.156. The highest BCUT2D eigenvalue weighted by Gasteiger charge is 2.22. The smallest absolute Gasteiger partial charge is 0.0456 e. The zero-order valence-corrected chi connectivity index (χ0v) is 9.33. The lowest BCUT2D eigenvalue weighted by Gasteiger charge is -2.27. The van der Waals surface area contributed by atoms with Gasteiger partial charge in [0.15, 0.2) is 0 Å². The summed E-state index contributed by atoms with van der Waals surface area (Å²) in [5, 5.41) is 9.05. The van der Waals surface area contributed by atoms with Gasteiger partial charge in [-0.1, -0.05) is 51.1 Å². The fourth-order valence-corrected chi connectivity index (χ4v) is 1.94. The second-order valence-corrected chi connectivity index (χ2v) is 4.74. The molecule has 0 amide bonds. The molecule has 0 aromatic heterocycles. The first-order valence-corrected chi connectivity index (χ1v) is 5.22. The lowest BCUT2D eigenvalue weighted by atomic mass is 9.78. The van der Waals surface area contributed by atoms with Crippen LogP contribution in [0.3, 0.4) is 0 Å². The Morgan fingerprint density at radius 1 is 1.21 bits per heavy atom. The second kappa shape index (κ2) is 4.61. The van der Waals surface area contributed by atoms with Gasteiger partial charge in [-0.25, -0.2) is 0 Å². The van der Waals surface area contributed by atoms with Crippen LogP contribution in [0.15, 0.2) is 30.3 Å². The van der Waals surface area contributed by atoms with Crippen LogP contribution in [0.4, 0.5) is 0 Å². The van der Waals surface area contributed by atoms with Crippen molar-refractivity contribution in [3.63, 3.8) is 0 Å². The molecule has 14 heavy (non-hydrogen) atoms. The van der Waals surface area contributed by atoms with E-state index >= 15 is 0 Å². The van der Waals surface area contributed by atoms with E-state index in [9.17, 15) is 0 Å². The topological polar surface area (TPSA) is 20.2 Å². The third-order valence-electron chi connectivity index (χ3n) is 2.73. The second-order valence-electron chi connectivity index (χ2n) is 4.74. The minimum atomic E-state index is 0.156. The summed E-state index contributed by atoms with van der Waals surface area (Å²) in [7, 11) is 0. The van der Waals surface area contributed by atoms with Crippen molar-refractivity contribution < 1.29 is 5.11 Å². The van der Waals surface area contributed by atoms with Gasteiger partial charge in [-0.15, -0.1) is 0 Å². The zero-order chi connectivity index (χ0) is 10.6. The molecule has 0 saturated carbocycles. The van der Waals surface area contributed by atoms with Crippen LogP contribution in [0.25, 0.3) is 0 Å². The van der Waals surface area contributed by atoms with Crippen LogP contribution in [0.5, 0.6) is 0 Å². The Kier molecular flexibility index (Phi) is 3.70. The van der Waals surface area contributed by atoms with Crippen LogP contribution in [-0.2, 0) is 5.41 Å². The summed E-state index contributed by atoms with van der Waals surface area (Å²) in [5.74, 6) is 0.366. The average Bonchev–Trinajstić information content (AvgIpc) is 2.18. The Bertz CT molecular complexity index is 264. The highest BCUT2D eigenvalue weighted by molar-refractivity contribution is 5.23. The molecular weight excluding hydrogens is 172 g/mol. The average molecular weight is 192 g/mol. The Morgan fingerprint density at radius 2 is 1.79 bits per heavy atom. The number of rotatable bonds is 4. The van der Waals surface area contributed by atoms with E-state index in [-0.39, 0.29) is 12.0 Å². The quantitative estimate of drug-likeness (QED) is 0.777. The number of hydrogen-bond donors (Lipinski definition) is 1. The molecule has 1 nitrogen and oxygen atoms in total. The fourth-order valence-electron chi connectivity index (χ4n) is 1.94. The number of aliphatic hydroxyl groups excluding tert-OH is 1. The van der Waals surface area contributed by atoms with Crippen molar-refractivity contribution in [2.24, 2.45) is 5.92 Å². The largest absolute Gasteiger partial charge is 0.396 e. The summed E-state index contributed by atoms with van der Waals surface area (Å²) in [5.41, 5.74) is 1.50. The zero-order valence-electron chi connectivity index (χ0n) is 9.33. The van der Waals surface area contributed by atoms with Gasteiger partial charge >= 0.3 is 0 Å². The Labute approximate surface area is 86.8 Å². The monoisotopic (exact) mass is 192 g/mol. The van der Waals surface area contributed by atoms with Crippen molar-refractivity contribution in [2.75, 3.05) is 6.61 Å². The summed E-state index contributed by atoms with van der Waals surface area (Å²) in [6.07, 6.45) is 1.02. The van der Waals surface area contributed by atoms with Gasteiger partial charge in [0, 0.05) is 6.61 Å². The molecule has 1 aromatic rings. The van der Waals surface area contributed by atoms with E-state index < -0.39 is 0 Å². The van der Waals surface area contributed by atoms with E-state index in [1.54, 1.807) is 0 Å². The molecule has 1 N–H and O–H groups in total. The van der Waals surface area contributed by atoms with Crippen LogP contribution in [0.2, 0.25) is 0 Å². The molecule has 0 aliphatic carbocycles. The van der Waals surface area contributed by atoms with Crippen molar-refractivity contribution in [3.05, 3.63) is 35.9 Å². The maximum absolute atomic E-state index is 9.05. The predicted octanol–water partition coefficient (Wildman–Crippen LogP) is 2.98. The first-order chi connectivity index (χ1) is 6.56. The molecular formula is C13H20O. The normalized spacial score (nSPS) is 14.0. The lowest BCUT2D eigenvalue weighted by Crippen LogP contribution is -2.22. The lowest BCUT2D eigenvalue weighted by molar-refractivity contribution is 0.209. The molecule has 0 aliphatic heterocycles. The Morgan fingerprint density at radius 3 is 2.29 bits per heavy atom. The summed E-state index contributed by atoms with van der Waals surface area (Å²) < 4.78 is 0. The Hall–Kier alpha value is -0.820. The standard InChI is InChI=1S/C13H20O/c1-11(10-14)9-13(2,3)12-7-5-4-6-8-12/h4-8,11,14H,9-10H2,1-3H3/t11-/m0/s1. The van der Waals surface area contributed by atoms with Crippen molar-refractivity contribution in [2.45, 2.75) is 32.6 Å². The summed E-state index contributed by atoms with van der Waals surface area (Å²) >= 11 is 0. The molecule has 1 aromatic carbocycles. The van der Waals surface area contributed by atoms with E-state index in [1.807, 2.05) is 6.07 Å². The van der Waals surface area contributed by atoms with Gasteiger partial charge in [-0.3, -0.25) is 0 Å². The van der Waals surface area contributed by atoms with Gasteiger partial charge in [0.1, 0.15) is 0 Å². The van der Waals surface area contributed by atoms with Crippen LogP contribution in [0, 0.1) is 5.92 Å². The first-order valence-electron chi connectivity index (χ1n) is 5.22. The van der Waals surface area contributed by atoms with Gasteiger partial charge < -0.3 is 5.11 Å². The maximum atomic E-state index is 9.05. The van der Waals surface area contributed by atoms with Crippen molar-refractivity contribution in [1.29, 1.82) is 0 Å². The first kappa shape index (κ1) is 11.3. The molecule has 0 spiro atoms. The van der Waals surface area contributed by atoms with Gasteiger partial charge in [0.2, 0.25) is 0 Å². The summed E-state index contributed by atoms with van der Waals surface area (Å²) in [6.45, 7) is 6.82. The van der Waals surface area contributed by atoms with Crippen molar-refractivity contribution >= 4 is 0 Å². The molecule has 0 bridgehead atoms. The van der Waals surface area contributed by atoms with Gasteiger partial charge in [0.25, 0.3) is 0 Å². The van der Waals surface area contributed by atoms with Crippen LogP contribution in [0.1, 0.15) is 32.8 Å². The highest BCUT2D eigenvalue weighted by atomic mass is 16.3. The third kappa shape index (κ3) is 2.85. The van der Waals surface area contributed by atoms with Crippen molar-refractivity contribution in [3.8, 4) is 0 Å². The van der Waals surface area contributed by atoms with E-state index in [4.69, 9.17) is 5.11 Å². The molecule has 0 unspecified atom stereocenters. The van der Waals surface area contributed by atoms with Crippen LogP contribution in [-0.4, -0.2) is 11.7 Å². The van der Waals surface area contributed by atoms with E-state index in [2.05, 4.69) is 45.0 Å². The minimum Gasteiger partial charge on any atom is -0.396 e. The van der Waals surface area contributed by atoms with Crippen LogP contribution < -0.4 is 0 Å². The van der Waals surface area contributed by atoms with E-state index in [1.165, 1.54) is 5.56 Å². The molecule has 0 aliphatic rings. The third-order valence-corrected chi connectivity index (χ3v) is 2.73. The molecule has 0 saturated heterocycles. The highest BCUT2D eigenvalue weighted by Crippen LogP contribution is 2.29. The maximum Gasteiger partial charge on any atom is 0.0456 e. The van der Waals surface area contributed by atoms with Crippen LogP contribution >= 0.6 is 0 Å². The van der Waals surface area contributed by atoms with E-state index in [0.717, 1.165) is 6.42 Å². The van der Waals surface area contributed by atoms with Gasteiger partial charge in [0.05, 0.1) is 0 Å². The molecule has 1 rings (SSSR count). The predicted molar refractivity (Wildman–Crippen MR) is 60.3 cm³/mol. The molecule has 78 valence electrons. The SMILES string of the molecule is C[C@H](CO)CC(C)(C)c1ccccc1. The number of aliphatic hydroxyl groups is 1. The molecule has 1 heteroatoms. The van der Waals surface area contributed by atoms with E-state index in [0.29, 0.717) is 5.92 Å². The molecule has 0 radical (unpaired) electrons. The van der Waals surface area contributed by atoms with Crippen molar-refractivity contribution in [1.82, 2.24) is 0 Å². The summed E-state index contributed by atoms with van der Waals surface area (Å²) in [4.78, 5) is 0.